The van der Waals surface area contributed by atoms with Gasteiger partial charge in [-0.1, -0.05) is 18.2 Å². The van der Waals surface area contributed by atoms with Crippen LogP contribution in [0.4, 0.5) is 5.69 Å². The van der Waals surface area contributed by atoms with Crippen molar-refractivity contribution in [2.75, 3.05) is 38.7 Å². The van der Waals surface area contributed by atoms with Gasteiger partial charge in [0.05, 0.1) is 6.61 Å². The minimum atomic E-state index is 0. The molecule has 124 valence electrons. The number of anilines is 1. The molecular formula is C16H26ClN3O2. The maximum Gasteiger partial charge on any atom is 0.223 e. The summed E-state index contributed by atoms with van der Waals surface area (Å²) in [5, 5.41) is 9.67. The van der Waals surface area contributed by atoms with E-state index in [0.717, 1.165) is 43.7 Å². The number of para-hydroxylation sites is 1. The van der Waals surface area contributed by atoms with Gasteiger partial charge in [0, 0.05) is 31.8 Å². The SMILES string of the molecule is COCCNc1ccccc1CNC(=O)C1CCNCC1.Cl. The molecule has 3 N–H and O–H groups in total. The monoisotopic (exact) mass is 327 g/mol. The number of amides is 1. The molecule has 1 aliphatic rings. The van der Waals surface area contributed by atoms with E-state index in [-0.39, 0.29) is 24.2 Å². The molecule has 6 heteroatoms. The second-order valence-corrected chi connectivity index (χ2v) is 5.32. The van der Waals surface area contributed by atoms with Gasteiger partial charge in [0.15, 0.2) is 0 Å². The molecule has 5 nitrogen and oxygen atoms in total. The van der Waals surface area contributed by atoms with Crippen molar-refractivity contribution in [2.24, 2.45) is 5.92 Å². The van der Waals surface area contributed by atoms with Crippen molar-refractivity contribution >= 4 is 24.0 Å². The van der Waals surface area contributed by atoms with E-state index in [1.54, 1.807) is 7.11 Å². The van der Waals surface area contributed by atoms with E-state index in [0.29, 0.717) is 13.2 Å². The molecule has 1 amide bonds. The Morgan fingerprint density at radius 3 is 2.77 bits per heavy atom. The lowest BCUT2D eigenvalue weighted by Crippen LogP contribution is -2.37. The van der Waals surface area contributed by atoms with Gasteiger partial charge in [0.1, 0.15) is 0 Å². The highest BCUT2D eigenvalue weighted by atomic mass is 35.5. The van der Waals surface area contributed by atoms with Gasteiger partial charge in [-0.2, -0.15) is 0 Å². The first-order valence-corrected chi connectivity index (χ1v) is 7.60. The molecule has 1 heterocycles. The Labute approximate surface area is 138 Å². The van der Waals surface area contributed by atoms with E-state index in [4.69, 9.17) is 4.74 Å². The zero-order chi connectivity index (χ0) is 14.9. The molecule has 22 heavy (non-hydrogen) atoms. The summed E-state index contributed by atoms with van der Waals surface area (Å²) in [6, 6.07) is 8.06. The lowest BCUT2D eigenvalue weighted by atomic mass is 9.97. The van der Waals surface area contributed by atoms with Gasteiger partial charge in [-0.3, -0.25) is 4.79 Å². The number of carbonyl (C=O) groups is 1. The number of rotatable bonds is 7. The average molecular weight is 328 g/mol. The van der Waals surface area contributed by atoms with Crippen molar-refractivity contribution in [3.63, 3.8) is 0 Å². The van der Waals surface area contributed by atoms with Crippen molar-refractivity contribution in [2.45, 2.75) is 19.4 Å². The van der Waals surface area contributed by atoms with Gasteiger partial charge in [0.2, 0.25) is 5.91 Å². The van der Waals surface area contributed by atoms with Crippen LogP contribution in [0.15, 0.2) is 24.3 Å². The molecule has 0 spiro atoms. The van der Waals surface area contributed by atoms with Crippen molar-refractivity contribution in [3.8, 4) is 0 Å². The minimum absolute atomic E-state index is 0. The van der Waals surface area contributed by atoms with Crippen molar-refractivity contribution in [3.05, 3.63) is 29.8 Å². The molecule has 0 aliphatic carbocycles. The molecule has 2 rings (SSSR count). The number of hydrogen-bond acceptors (Lipinski definition) is 4. The van der Waals surface area contributed by atoms with Crippen LogP contribution >= 0.6 is 12.4 Å². The van der Waals surface area contributed by atoms with Crippen molar-refractivity contribution < 1.29 is 9.53 Å². The largest absolute Gasteiger partial charge is 0.383 e. The topological polar surface area (TPSA) is 62.4 Å². The molecule has 0 atom stereocenters. The normalized spacial score (nSPS) is 15.0. The Balaban J connectivity index is 0.00000242. The number of halogens is 1. The molecule has 1 aromatic carbocycles. The molecule has 0 radical (unpaired) electrons. The van der Waals surface area contributed by atoms with Crippen LogP contribution in [-0.4, -0.2) is 39.3 Å². The van der Waals surface area contributed by atoms with Gasteiger partial charge in [0.25, 0.3) is 0 Å². The van der Waals surface area contributed by atoms with Gasteiger partial charge >= 0.3 is 0 Å². The quantitative estimate of drug-likeness (QED) is 0.668. The summed E-state index contributed by atoms with van der Waals surface area (Å²) in [6.45, 7) is 3.87. The van der Waals surface area contributed by atoms with E-state index in [1.165, 1.54) is 0 Å². The fourth-order valence-electron chi connectivity index (χ4n) is 2.55. The first-order chi connectivity index (χ1) is 10.3. The van der Waals surface area contributed by atoms with Crippen molar-refractivity contribution in [1.82, 2.24) is 10.6 Å². The van der Waals surface area contributed by atoms with Gasteiger partial charge in [-0.05, 0) is 37.6 Å². The van der Waals surface area contributed by atoms with Gasteiger partial charge in [-0.25, -0.2) is 0 Å². The number of methoxy groups -OCH3 is 1. The third-order valence-electron chi connectivity index (χ3n) is 3.80. The molecule has 1 fully saturated rings. The van der Waals surface area contributed by atoms with E-state index in [2.05, 4.69) is 16.0 Å². The average Bonchev–Trinajstić information content (AvgIpc) is 2.54. The van der Waals surface area contributed by atoms with Crippen LogP contribution in [-0.2, 0) is 16.1 Å². The van der Waals surface area contributed by atoms with Crippen LogP contribution in [0.1, 0.15) is 18.4 Å². The summed E-state index contributed by atoms with van der Waals surface area (Å²) >= 11 is 0. The summed E-state index contributed by atoms with van der Waals surface area (Å²) in [5.74, 6) is 0.322. The lowest BCUT2D eigenvalue weighted by Gasteiger charge is -2.22. The Hall–Kier alpha value is -1.30. The molecule has 0 aromatic heterocycles. The van der Waals surface area contributed by atoms with E-state index >= 15 is 0 Å². The third kappa shape index (κ3) is 5.83. The Morgan fingerprint density at radius 1 is 1.32 bits per heavy atom. The molecule has 0 saturated carbocycles. The maximum atomic E-state index is 12.2. The minimum Gasteiger partial charge on any atom is -0.383 e. The van der Waals surface area contributed by atoms with Crippen LogP contribution in [0.5, 0.6) is 0 Å². The first-order valence-electron chi connectivity index (χ1n) is 7.60. The van der Waals surface area contributed by atoms with E-state index in [9.17, 15) is 4.79 Å². The smallest absolute Gasteiger partial charge is 0.223 e. The van der Waals surface area contributed by atoms with Crippen LogP contribution in [0.2, 0.25) is 0 Å². The summed E-state index contributed by atoms with van der Waals surface area (Å²) < 4.78 is 5.04. The second-order valence-electron chi connectivity index (χ2n) is 5.32. The highest BCUT2D eigenvalue weighted by molar-refractivity contribution is 5.85. The Kier molecular flexibility index (Phi) is 8.89. The van der Waals surface area contributed by atoms with Crippen LogP contribution < -0.4 is 16.0 Å². The van der Waals surface area contributed by atoms with Crippen LogP contribution in [0.3, 0.4) is 0 Å². The molecule has 0 bridgehead atoms. The molecular weight excluding hydrogens is 302 g/mol. The summed E-state index contributed by atoms with van der Waals surface area (Å²) in [7, 11) is 1.69. The summed E-state index contributed by atoms with van der Waals surface area (Å²) in [6.07, 6.45) is 1.86. The Bertz CT molecular complexity index is 451. The summed E-state index contributed by atoms with van der Waals surface area (Å²) in [4.78, 5) is 12.2. The zero-order valence-electron chi connectivity index (χ0n) is 13.1. The summed E-state index contributed by atoms with van der Waals surface area (Å²) in [5.41, 5.74) is 2.16. The van der Waals surface area contributed by atoms with Gasteiger partial charge < -0.3 is 20.7 Å². The fourth-order valence-corrected chi connectivity index (χ4v) is 2.55. The number of ether oxygens (including phenoxy) is 1. The van der Waals surface area contributed by atoms with Crippen molar-refractivity contribution in [1.29, 1.82) is 0 Å². The van der Waals surface area contributed by atoms with Crippen LogP contribution in [0.25, 0.3) is 0 Å². The maximum absolute atomic E-state index is 12.2. The number of nitrogens with one attached hydrogen (secondary N) is 3. The molecule has 1 aromatic rings. The van der Waals surface area contributed by atoms with Gasteiger partial charge in [-0.15, -0.1) is 12.4 Å². The highest BCUT2D eigenvalue weighted by Gasteiger charge is 2.20. The molecule has 1 saturated heterocycles. The molecule has 1 aliphatic heterocycles. The Morgan fingerprint density at radius 2 is 2.05 bits per heavy atom. The standard InChI is InChI=1S/C16H25N3O2.ClH/c1-21-11-10-18-15-5-3-2-4-14(15)12-19-16(20)13-6-8-17-9-7-13;/h2-5,13,17-18H,6-12H2,1H3,(H,19,20);1H. The molecule has 0 unspecified atom stereocenters. The number of benzene rings is 1. The van der Waals surface area contributed by atoms with E-state index in [1.807, 2.05) is 24.3 Å². The number of carbonyl (C=O) groups excluding carboxylic acids is 1. The predicted octanol–water partition coefficient (Wildman–Crippen LogP) is 1.78. The predicted molar refractivity (Wildman–Crippen MR) is 91.5 cm³/mol. The lowest BCUT2D eigenvalue weighted by molar-refractivity contribution is -0.125. The zero-order valence-corrected chi connectivity index (χ0v) is 13.9. The van der Waals surface area contributed by atoms with E-state index < -0.39 is 0 Å². The second kappa shape index (κ2) is 10.4. The van der Waals surface area contributed by atoms with Crippen LogP contribution in [0, 0.1) is 5.92 Å². The number of piperidine rings is 1. The first kappa shape index (κ1) is 18.7. The third-order valence-corrected chi connectivity index (χ3v) is 3.80. The fraction of sp³-hybridized carbons (Fsp3) is 0.562. The highest BCUT2D eigenvalue weighted by Crippen LogP contribution is 2.16. The number of hydrogen-bond donors (Lipinski definition) is 3.